The van der Waals surface area contributed by atoms with E-state index < -0.39 is 0 Å². The summed E-state index contributed by atoms with van der Waals surface area (Å²) in [6.07, 6.45) is 3.42. The van der Waals surface area contributed by atoms with Gasteiger partial charge in [0.1, 0.15) is 0 Å². The quantitative estimate of drug-likeness (QED) is 0.499. The maximum atomic E-state index is 9.95. The first-order valence-corrected chi connectivity index (χ1v) is 2.97. The van der Waals surface area contributed by atoms with Crippen molar-refractivity contribution in [3.63, 3.8) is 0 Å². The van der Waals surface area contributed by atoms with Crippen molar-refractivity contribution >= 4 is 6.47 Å². The van der Waals surface area contributed by atoms with Crippen LogP contribution < -0.4 is 0 Å². The van der Waals surface area contributed by atoms with Crippen LogP contribution in [0.15, 0.2) is 12.4 Å². The smallest absolute Gasteiger partial charge is 0.296 e. The number of nitrogens with zero attached hydrogens (tertiary/aromatic N) is 2. The summed E-state index contributed by atoms with van der Waals surface area (Å²) in [5.41, 5.74) is 0. The van der Waals surface area contributed by atoms with E-state index >= 15 is 0 Å². The van der Waals surface area contributed by atoms with Crippen LogP contribution in [0.5, 0.6) is 0 Å². The third kappa shape index (κ3) is 1.05. The Morgan fingerprint density at radius 3 is 2.30 bits per heavy atom. The Hall–Kier alpha value is -1.19. The molecule has 0 N–H and O–H groups in total. The van der Waals surface area contributed by atoms with Gasteiger partial charge in [0.2, 0.25) is 0 Å². The Labute approximate surface area is 59.7 Å². The monoisotopic (exact) mass is 142 g/mol. The SMILES string of the molecule is CN1C=CN(C)C1OC=O. The molecule has 0 bridgehead atoms. The van der Waals surface area contributed by atoms with E-state index in [-0.39, 0.29) is 6.35 Å². The molecule has 4 nitrogen and oxygen atoms in total. The topological polar surface area (TPSA) is 32.8 Å². The van der Waals surface area contributed by atoms with Crippen molar-refractivity contribution in [2.45, 2.75) is 6.35 Å². The molecule has 0 saturated heterocycles. The molecule has 0 unspecified atom stereocenters. The molecule has 0 atom stereocenters. The van der Waals surface area contributed by atoms with Crippen molar-refractivity contribution in [1.29, 1.82) is 0 Å². The minimum Gasteiger partial charge on any atom is -0.425 e. The fourth-order valence-corrected chi connectivity index (χ4v) is 0.887. The lowest BCUT2D eigenvalue weighted by Crippen LogP contribution is -2.36. The van der Waals surface area contributed by atoms with Crippen LogP contribution in [0.25, 0.3) is 0 Å². The average Bonchev–Trinajstić information content (AvgIpc) is 2.20. The van der Waals surface area contributed by atoms with Crippen molar-refractivity contribution < 1.29 is 9.53 Å². The summed E-state index contributed by atoms with van der Waals surface area (Å²) in [5.74, 6) is 0. The summed E-state index contributed by atoms with van der Waals surface area (Å²) in [6, 6.07) is 0. The third-order valence-electron chi connectivity index (χ3n) is 1.41. The maximum absolute atomic E-state index is 9.95. The molecule has 56 valence electrons. The first-order valence-electron chi connectivity index (χ1n) is 2.97. The van der Waals surface area contributed by atoms with Gasteiger partial charge >= 0.3 is 0 Å². The minimum atomic E-state index is -0.266. The summed E-state index contributed by atoms with van der Waals surface area (Å²) in [5, 5.41) is 0. The summed E-state index contributed by atoms with van der Waals surface area (Å²) < 4.78 is 4.74. The van der Waals surface area contributed by atoms with E-state index in [4.69, 9.17) is 4.74 Å². The highest BCUT2D eigenvalue weighted by Crippen LogP contribution is 2.10. The number of hydrogen-bond acceptors (Lipinski definition) is 4. The lowest BCUT2D eigenvalue weighted by atomic mass is 10.8. The number of carbonyl (C=O) groups is 1. The van der Waals surface area contributed by atoms with Crippen molar-refractivity contribution in [2.75, 3.05) is 14.1 Å². The van der Waals surface area contributed by atoms with Crippen LogP contribution in [-0.4, -0.2) is 36.7 Å². The third-order valence-corrected chi connectivity index (χ3v) is 1.41. The summed E-state index contributed by atoms with van der Waals surface area (Å²) in [4.78, 5) is 13.5. The molecule has 0 spiro atoms. The molecule has 0 aromatic carbocycles. The van der Waals surface area contributed by atoms with Crippen LogP contribution in [-0.2, 0) is 9.53 Å². The van der Waals surface area contributed by atoms with Crippen LogP contribution in [0.3, 0.4) is 0 Å². The predicted octanol–water partition coefficient (Wildman–Crippen LogP) is -0.209. The van der Waals surface area contributed by atoms with Gasteiger partial charge in [-0.25, -0.2) is 0 Å². The van der Waals surface area contributed by atoms with E-state index in [1.165, 1.54) is 0 Å². The van der Waals surface area contributed by atoms with Gasteiger partial charge in [0.05, 0.1) is 0 Å². The average molecular weight is 142 g/mol. The molecule has 0 radical (unpaired) electrons. The minimum absolute atomic E-state index is 0.266. The van der Waals surface area contributed by atoms with Gasteiger partial charge in [-0.05, 0) is 0 Å². The van der Waals surface area contributed by atoms with E-state index in [9.17, 15) is 4.79 Å². The number of ether oxygens (including phenoxy) is 1. The van der Waals surface area contributed by atoms with E-state index in [0.717, 1.165) is 0 Å². The normalized spacial score (nSPS) is 18.2. The standard InChI is InChI=1S/C6H10N2O2/c1-7-3-4-8(2)6(7)10-5-9/h3-6H,1-2H3. The first kappa shape index (κ1) is 6.92. The van der Waals surface area contributed by atoms with Gasteiger partial charge in [-0.15, -0.1) is 0 Å². The highest BCUT2D eigenvalue weighted by molar-refractivity contribution is 5.37. The van der Waals surface area contributed by atoms with Gasteiger partial charge in [-0.1, -0.05) is 0 Å². The van der Waals surface area contributed by atoms with Gasteiger partial charge in [0, 0.05) is 26.5 Å². The van der Waals surface area contributed by atoms with Gasteiger partial charge in [0.15, 0.2) is 0 Å². The Morgan fingerprint density at radius 1 is 1.40 bits per heavy atom. The Morgan fingerprint density at radius 2 is 1.90 bits per heavy atom. The molecule has 0 aromatic heterocycles. The van der Waals surface area contributed by atoms with Crippen LogP contribution >= 0.6 is 0 Å². The second-order valence-corrected chi connectivity index (χ2v) is 2.19. The van der Waals surface area contributed by atoms with Crippen LogP contribution in [0.4, 0.5) is 0 Å². The molecule has 1 rings (SSSR count). The second-order valence-electron chi connectivity index (χ2n) is 2.19. The number of rotatable bonds is 2. The molecular weight excluding hydrogens is 132 g/mol. The zero-order valence-corrected chi connectivity index (χ0v) is 6.02. The fourth-order valence-electron chi connectivity index (χ4n) is 0.887. The lowest BCUT2D eigenvalue weighted by molar-refractivity contribution is -0.149. The molecule has 1 aliphatic heterocycles. The molecule has 4 heteroatoms. The molecule has 1 aliphatic rings. The molecule has 1 heterocycles. The molecular formula is C6H10N2O2. The van der Waals surface area contributed by atoms with E-state index in [0.29, 0.717) is 6.47 Å². The molecule has 0 fully saturated rings. The summed E-state index contributed by atoms with van der Waals surface area (Å²) >= 11 is 0. The van der Waals surface area contributed by atoms with Crippen LogP contribution in [0.1, 0.15) is 0 Å². The van der Waals surface area contributed by atoms with Crippen molar-refractivity contribution in [3.8, 4) is 0 Å². The molecule has 0 amide bonds. The fraction of sp³-hybridized carbons (Fsp3) is 0.500. The van der Waals surface area contributed by atoms with Crippen molar-refractivity contribution in [1.82, 2.24) is 9.80 Å². The Balaban J connectivity index is 2.51. The van der Waals surface area contributed by atoms with E-state index in [1.807, 2.05) is 26.5 Å². The largest absolute Gasteiger partial charge is 0.425 e. The molecule has 0 saturated carbocycles. The Bertz CT molecular complexity index is 146. The Kier molecular flexibility index (Phi) is 1.80. The zero-order chi connectivity index (χ0) is 7.56. The summed E-state index contributed by atoms with van der Waals surface area (Å²) in [6.45, 7) is 0.449. The number of hydrogen-bond donors (Lipinski definition) is 0. The maximum Gasteiger partial charge on any atom is 0.296 e. The predicted molar refractivity (Wildman–Crippen MR) is 35.6 cm³/mol. The second kappa shape index (κ2) is 2.60. The van der Waals surface area contributed by atoms with Crippen molar-refractivity contribution in [2.24, 2.45) is 0 Å². The first-order chi connectivity index (χ1) is 4.75. The molecule has 10 heavy (non-hydrogen) atoms. The molecule has 0 aliphatic carbocycles. The van der Waals surface area contributed by atoms with Gasteiger partial charge in [-0.2, -0.15) is 0 Å². The highest BCUT2D eigenvalue weighted by Gasteiger charge is 2.20. The van der Waals surface area contributed by atoms with E-state index in [2.05, 4.69) is 0 Å². The van der Waals surface area contributed by atoms with E-state index in [1.54, 1.807) is 9.80 Å². The summed E-state index contributed by atoms with van der Waals surface area (Å²) in [7, 11) is 3.68. The molecule has 0 aromatic rings. The number of carbonyl (C=O) groups excluding carboxylic acids is 1. The van der Waals surface area contributed by atoms with Crippen LogP contribution in [0.2, 0.25) is 0 Å². The van der Waals surface area contributed by atoms with Crippen molar-refractivity contribution in [3.05, 3.63) is 12.4 Å². The lowest BCUT2D eigenvalue weighted by Gasteiger charge is -2.24. The van der Waals surface area contributed by atoms with Gasteiger partial charge < -0.3 is 14.5 Å². The van der Waals surface area contributed by atoms with Gasteiger partial charge in [-0.3, -0.25) is 4.79 Å². The van der Waals surface area contributed by atoms with Crippen LogP contribution in [0, 0.1) is 0 Å². The zero-order valence-electron chi connectivity index (χ0n) is 6.02. The highest BCUT2D eigenvalue weighted by atomic mass is 16.6. The van der Waals surface area contributed by atoms with Gasteiger partial charge in [0.25, 0.3) is 12.8 Å².